The zero-order valence-electron chi connectivity index (χ0n) is 17.4. The van der Waals surface area contributed by atoms with E-state index in [0.717, 1.165) is 0 Å². The third-order valence-electron chi connectivity index (χ3n) is 4.51. The van der Waals surface area contributed by atoms with Crippen molar-refractivity contribution in [2.45, 2.75) is 25.9 Å². The first-order chi connectivity index (χ1) is 15.0. The predicted molar refractivity (Wildman–Crippen MR) is 116 cm³/mol. The van der Waals surface area contributed by atoms with Gasteiger partial charge in [0.25, 0.3) is 5.91 Å². The molecule has 166 valence electrons. The van der Waals surface area contributed by atoms with E-state index in [1.165, 1.54) is 11.6 Å². The molecular formula is C23H28N2O6. The highest BCUT2D eigenvalue weighted by atomic mass is 16.6. The van der Waals surface area contributed by atoms with Gasteiger partial charge in [-0.25, -0.2) is 10.3 Å². The third kappa shape index (κ3) is 8.12. The Morgan fingerprint density at radius 2 is 1.81 bits per heavy atom. The number of aliphatic hydroxyl groups excluding tert-OH is 1. The summed E-state index contributed by atoms with van der Waals surface area (Å²) >= 11 is 0. The largest absolute Gasteiger partial charge is 0.491 e. The van der Waals surface area contributed by atoms with Crippen molar-refractivity contribution >= 4 is 17.7 Å². The molecule has 0 aliphatic heterocycles. The van der Waals surface area contributed by atoms with Gasteiger partial charge in [0.15, 0.2) is 0 Å². The zero-order chi connectivity index (χ0) is 22.5. The molecular weight excluding hydrogens is 400 g/mol. The lowest BCUT2D eigenvalue weighted by atomic mass is 9.92. The molecule has 4 N–H and O–H groups in total. The summed E-state index contributed by atoms with van der Waals surface area (Å²) < 4.78 is 11.4. The molecule has 31 heavy (non-hydrogen) atoms. The second-order valence-corrected chi connectivity index (χ2v) is 6.86. The molecule has 2 aromatic rings. The topological polar surface area (TPSA) is 117 Å². The number of carbonyl (C=O) groups is 2. The minimum atomic E-state index is -0.626. The fourth-order valence-corrected chi connectivity index (χ4v) is 3.01. The third-order valence-corrected chi connectivity index (χ3v) is 4.51. The van der Waals surface area contributed by atoms with Crippen molar-refractivity contribution in [3.05, 3.63) is 72.3 Å². The van der Waals surface area contributed by atoms with Crippen LogP contribution in [-0.4, -0.2) is 35.5 Å². The number of amides is 2. The number of para-hydroxylation sites is 2. The first kappa shape index (κ1) is 23.9. The van der Waals surface area contributed by atoms with Crippen molar-refractivity contribution in [3.8, 4) is 5.75 Å². The van der Waals surface area contributed by atoms with Crippen molar-refractivity contribution in [3.63, 3.8) is 0 Å². The van der Waals surface area contributed by atoms with Crippen LogP contribution in [0.25, 0.3) is 0 Å². The van der Waals surface area contributed by atoms with Crippen LogP contribution in [0.5, 0.6) is 5.75 Å². The van der Waals surface area contributed by atoms with E-state index in [-0.39, 0.29) is 19.1 Å². The normalized spacial score (nSPS) is 12.7. The highest BCUT2D eigenvalue weighted by Gasteiger charge is 2.26. The molecule has 8 nitrogen and oxygen atoms in total. The predicted octanol–water partition coefficient (Wildman–Crippen LogP) is 3.83. The molecule has 0 unspecified atom stereocenters. The van der Waals surface area contributed by atoms with E-state index < -0.39 is 18.1 Å². The zero-order valence-corrected chi connectivity index (χ0v) is 17.4. The highest BCUT2D eigenvalue weighted by molar-refractivity contribution is 5.86. The molecule has 2 amide bonds. The first-order valence-electron chi connectivity index (χ1n) is 10.0. The molecule has 0 aliphatic carbocycles. The Bertz CT molecular complexity index is 856. The Balaban J connectivity index is 2.17. The number of benzene rings is 2. The van der Waals surface area contributed by atoms with Crippen LogP contribution >= 0.6 is 0 Å². The van der Waals surface area contributed by atoms with Gasteiger partial charge in [-0.1, -0.05) is 49.4 Å². The van der Waals surface area contributed by atoms with Gasteiger partial charge < -0.3 is 14.6 Å². The fraction of sp³-hybridized carbons (Fsp3) is 0.304. The van der Waals surface area contributed by atoms with Crippen LogP contribution in [0.1, 0.15) is 31.4 Å². The molecule has 0 aliphatic rings. The SMILES string of the molecule is C[C@H](CC/C=C/C(=O)NO)[C@@H](OC(=O)Nc1ccccc1)c1ccccc1OCCO. The van der Waals surface area contributed by atoms with Crippen molar-refractivity contribution in [2.24, 2.45) is 5.92 Å². The Morgan fingerprint density at radius 3 is 2.52 bits per heavy atom. The van der Waals surface area contributed by atoms with Crippen LogP contribution in [0.15, 0.2) is 66.7 Å². The molecule has 0 radical (unpaired) electrons. The fourth-order valence-electron chi connectivity index (χ4n) is 3.01. The van der Waals surface area contributed by atoms with Crippen LogP contribution in [0.4, 0.5) is 10.5 Å². The lowest BCUT2D eigenvalue weighted by molar-refractivity contribution is -0.124. The van der Waals surface area contributed by atoms with Crippen LogP contribution in [-0.2, 0) is 9.53 Å². The van der Waals surface area contributed by atoms with E-state index in [0.29, 0.717) is 29.8 Å². The van der Waals surface area contributed by atoms with Gasteiger partial charge in [0.05, 0.1) is 6.61 Å². The number of hydrogen-bond acceptors (Lipinski definition) is 6. The maximum Gasteiger partial charge on any atom is 0.412 e. The van der Waals surface area contributed by atoms with Crippen LogP contribution < -0.4 is 15.5 Å². The Kier molecular flexibility index (Phi) is 10.1. The maximum atomic E-state index is 12.6. The molecule has 0 saturated heterocycles. The minimum absolute atomic E-state index is 0.118. The molecule has 0 aromatic heterocycles. The minimum Gasteiger partial charge on any atom is -0.491 e. The molecule has 2 atom stereocenters. The quantitative estimate of drug-likeness (QED) is 0.246. The standard InChI is InChI=1S/C23H28N2O6/c1-17(9-5-8-14-21(27)25-29)22(19-12-6-7-13-20(19)30-16-15-26)31-23(28)24-18-10-3-2-4-11-18/h2-4,6-8,10-14,17,22,26,29H,5,9,15-16H2,1H3,(H,24,28)(H,25,27)/b14-8+/t17-,22-/m1/s1. The maximum absolute atomic E-state index is 12.6. The number of anilines is 1. The van der Waals surface area contributed by atoms with Gasteiger partial charge in [0, 0.05) is 17.3 Å². The average molecular weight is 428 g/mol. The molecule has 2 aromatic carbocycles. The summed E-state index contributed by atoms with van der Waals surface area (Å²) in [5.41, 5.74) is 2.83. The summed E-state index contributed by atoms with van der Waals surface area (Å²) in [6, 6.07) is 16.2. The summed E-state index contributed by atoms with van der Waals surface area (Å²) in [7, 11) is 0. The molecule has 0 spiro atoms. The van der Waals surface area contributed by atoms with Gasteiger partial charge in [0.1, 0.15) is 18.5 Å². The van der Waals surface area contributed by atoms with E-state index in [1.54, 1.807) is 30.3 Å². The molecule has 0 fully saturated rings. The summed E-state index contributed by atoms with van der Waals surface area (Å²) in [4.78, 5) is 23.7. The van der Waals surface area contributed by atoms with E-state index in [9.17, 15) is 9.59 Å². The summed E-state index contributed by atoms with van der Waals surface area (Å²) in [5.74, 6) is -0.205. The number of carbonyl (C=O) groups excluding carboxylic acids is 2. The Hall–Kier alpha value is -3.36. The van der Waals surface area contributed by atoms with Crippen LogP contribution in [0.2, 0.25) is 0 Å². The smallest absolute Gasteiger partial charge is 0.412 e. The van der Waals surface area contributed by atoms with Gasteiger partial charge in [-0.15, -0.1) is 0 Å². The van der Waals surface area contributed by atoms with Crippen LogP contribution in [0.3, 0.4) is 0 Å². The van der Waals surface area contributed by atoms with Crippen molar-refractivity contribution < 1.29 is 29.4 Å². The number of allylic oxidation sites excluding steroid dienone is 1. The van der Waals surface area contributed by atoms with E-state index in [4.69, 9.17) is 19.8 Å². The Labute approximate surface area is 181 Å². The van der Waals surface area contributed by atoms with E-state index >= 15 is 0 Å². The summed E-state index contributed by atoms with van der Waals surface area (Å²) in [6.45, 7) is 1.91. The number of ether oxygens (including phenoxy) is 2. The van der Waals surface area contributed by atoms with Gasteiger partial charge in [-0.3, -0.25) is 15.3 Å². The van der Waals surface area contributed by atoms with Gasteiger partial charge >= 0.3 is 6.09 Å². The molecule has 2 rings (SSSR count). The van der Waals surface area contributed by atoms with E-state index in [2.05, 4.69) is 5.32 Å². The molecule has 0 bridgehead atoms. The van der Waals surface area contributed by atoms with Gasteiger partial charge in [-0.2, -0.15) is 0 Å². The lowest BCUT2D eigenvalue weighted by Crippen LogP contribution is -2.22. The van der Waals surface area contributed by atoms with Crippen molar-refractivity contribution in [1.29, 1.82) is 0 Å². The van der Waals surface area contributed by atoms with Crippen molar-refractivity contribution in [1.82, 2.24) is 5.48 Å². The first-order valence-corrected chi connectivity index (χ1v) is 10.0. The van der Waals surface area contributed by atoms with Crippen molar-refractivity contribution in [2.75, 3.05) is 18.5 Å². The number of rotatable bonds is 11. The second kappa shape index (κ2) is 13.0. The monoisotopic (exact) mass is 428 g/mol. The number of hydroxylamine groups is 1. The van der Waals surface area contributed by atoms with Gasteiger partial charge in [-0.05, 0) is 37.0 Å². The second-order valence-electron chi connectivity index (χ2n) is 6.86. The lowest BCUT2D eigenvalue weighted by Gasteiger charge is -2.26. The average Bonchev–Trinajstić information content (AvgIpc) is 2.79. The highest BCUT2D eigenvalue weighted by Crippen LogP contribution is 2.35. The Morgan fingerprint density at radius 1 is 1.10 bits per heavy atom. The van der Waals surface area contributed by atoms with E-state index in [1.807, 2.05) is 37.3 Å². The molecule has 0 saturated carbocycles. The number of hydrogen-bond donors (Lipinski definition) is 4. The molecule has 8 heteroatoms. The molecule has 0 heterocycles. The number of aliphatic hydroxyl groups is 1. The summed E-state index contributed by atoms with van der Waals surface area (Å²) in [6.07, 6.45) is 2.79. The van der Waals surface area contributed by atoms with Crippen LogP contribution in [0, 0.1) is 5.92 Å². The van der Waals surface area contributed by atoms with Gasteiger partial charge in [0.2, 0.25) is 0 Å². The number of nitrogens with one attached hydrogen (secondary N) is 2. The summed E-state index contributed by atoms with van der Waals surface area (Å²) in [5, 5.41) is 20.4.